The molecule has 1 aliphatic rings. The number of hydrogen-bond acceptors (Lipinski definition) is 5. The fourth-order valence-electron chi connectivity index (χ4n) is 2.99. The molecule has 3 rings (SSSR count). The lowest BCUT2D eigenvalue weighted by Crippen LogP contribution is -2.48. The van der Waals surface area contributed by atoms with E-state index in [1.807, 2.05) is 16.4 Å². The Morgan fingerprint density at radius 1 is 1.22 bits per heavy atom. The summed E-state index contributed by atoms with van der Waals surface area (Å²) in [7, 11) is 1.59. The molecule has 1 N–H and O–H groups in total. The Morgan fingerprint density at radius 2 is 1.87 bits per heavy atom. The van der Waals surface area contributed by atoms with Gasteiger partial charge >= 0.3 is 5.69 Å². The second-order valence-corrected chi connectivity index (χ2v) is 5.64. The van der Waals surface area contributed by atoms with Gasteiger partial charge in [0.25, 0.3) is 5.56 Å². The van der Waals surface area contributed by atoms with Crippen LogP contribution in [-0.4, -0.2) is 56.1 Å². The summed E-state index contributed by atoms with van der Waals surface area (Å²) in [4.78, 5) is 46.0. The van der Waals surface area contributed by atoms with E-state index in [0.717, 1.165) is 0 Å². The minimum Gasteiger partial charge on any atom is -0.339 e. The number of carbonyl (C=O) groups is 1. The van der Waals surface area contributed by atoms with Crippen molar-refractivity contribution in [2.24, 2.45) is 7.05 Å². The van der Waals surface area contributed by atoms with Crippen molar-refractivity contribution in [3.05, 3.63) is 20.8 Å². The lowest BCUT2D eigenvalue weighted by molar-refractivity contribution is -0.129. The lowest BCUT2D eigenvalue weighted by Gasteiger charge is -2.34. The normalized spacial score (nSPS) is 15.4. The molecular weight excluding hydrogens is 300 g/mol. The Morgan fingerprint density at radius 3 is 2.43 bits per heavy atom. The van der Waals surface area contributed by atoms with Gasteiger partial charge in [0, 0.05) is 46.7 Å². The van der Waals surface area contributed by atoms with E-state index in [1.165, 1.54) is 4.57 Å². The molecule has 1 amide bonds. The second kappa shape index (κ2) is 5.56. The summed E-state index contributed by atoms with van der Waals surface area (Å²) in [6.45, 7) is 6.60. The van der Waals surface area contributed by atoms with Gasteiger partial charge in [0.1, 0.15) is 0 Å². The van der Waals surface area contributed by atoms with Gasteiger partial charge in [-0.25, -0.2) is 4.79 Å². The molecule has 0 bridgehead atoms. The summed E-state index contributed by atoms with van der Waals surface area (Å²) in [5.41, 5.74) is -0.120. The number of aromatic nitrogens is 4. The number of nitrogens with one attached hydrogen (secondary N) is 1. The Kier molecular flexibility index (Phi) is 3.70. The van der Waals surface area contributed by atoms with Crippen LogP contribution in [0.15, 0.2) is 9.59 Å². The topological polar surface area (TPSA) is 96.2 Å². The summed E-state index contributed by atoms with van der Waals surface area (Å²) in [6, 6.07) is 0. The third-order valence-corrected chi connectivity index (χ3v) is 4.31. The fraction of sp³-hybridized carbons (Fsp3) is 0.571. The van der Waals surface area contributed by atoms with Crippen LogP contribution in [0.4, 0.5) is 5.95 Å². The van der Waals surface area contributed by atoms with Crippen LogP contribution >= 0.6 is 0 Å². The number of carbonyl (C=O) groups excluding carboxylic acids is 1. The molecule has 2 aromatic rings. The molecular formula is C14H20N6O3. The van der Waals surface area contributed by atoms with Crippen molar-refractivity contribution >= 4 is 23.0 Å². The molecule has 1 aliphatic heterocycles. The van der Waals surface area contributed by atoms with Gasteiger partial charge in [-0.1, -0.05) is 0 Å². The van der Waals surface area contributed by atoms with Crippen LogP contribution in [0.25, 0.3) is 11.2 Å². The minimum absolute atomic E-state index is 0.0625. The number of aryl methyl sites for hydroxylation is 2. The van der Waals surface area contributed by atoms with Crippen LogP contribution in [0.5, 0.6) is 0 Å². The van der Waals surface area contributed by atoms with Gasteiger partial charge in [-0.05, 0) is 6.92 Å². The highest BCUT2D eigenvalue weighted by molar-refractivity contribution is 5.75. The number of piperazine rings is 1. The number of fused-ring (bicyclic) bond motifs is 1. The number of rotatable bonds is 2. The zero-order valence-electron chi connectivity index (χ0n) is 13.5. The number of nitrogens with zero attached hydrogens (tertiary/aromatic N) is 5. The highest BCUT2D eigenvalue weighted by Gasteiger charge is 2.24. The van der Waals surface area contributed by atoms with Crippen molar-refractivity contribution < 1.29 is 4.79 Å². The third-order valence-electron chi connectivity index (χ3n) is 4.31. The van der Waals surface area contributed by atoms with Crippen molar-refractivity contribution in [3.8, 4) is 0 Å². The fourth-order valence-corrected chi connectivity index (χ4v) is 2.99. The van der Waals surface area contributed by atoms with Crippen molar-refractivity contribution in [1.82, 2.24) is 24.0 Å². The van der Waals surface area contributed by atoms with E-state index in [9.17, 15) is 14.4 Å². The van der Waals surface area contributed by atoms with Crippen LogP contribution in [0, 0.1) is 0 Å². The Hall–Kier alpha value is -2.58. The zero-order chi connectivity index (χ0) is 16.7. The molecule has 0 aromatic carbocycles. The van der Waals surface area contributed by atoms with Crippen LogP contribution in [0.3, 0.4) is 0 Å². The Balaban J connectivity index is 2.07. The first-order chi connectivity index (χ1) is 10.9. The summed E-state index contributed by atoms with van der Waals surface area (Å²) in [5, 5.41) is 0. The maximum atomic E-state index is 12.2. The predicted molar refractivity (Wildman–Crippen MR) is 85.7 cm³/mol. The van der Waals surface area contributed by atoms with Gasteiger partial charge in [0.15, 0.2) is 11.2 Å². The monoisotopic (exact) mass is 320 g/mol. The first-order valence-corrected chi connectivity index (χ1v) is 7.64. The lowest BCUT2D eigenvalue weighted by atomic mass is 10.3. The number of imidazole rings is 1. The van der Waals surface area contributed by atoms with E-state index in [4.69, 9.17) is 0 Å². The summed E-state index contributed by atoms with van der Waals surface area (Å²) in [5.74, 6) is 0.727. The second-order valence-electron chi connectivity index (χ2n) is 5.64. The molecule has 0 saturated carbocycles. The van der Waals surface area contributed by atoms with Gasteiger partial charge < -0.3 is 14.4 Å². The standard InChI is InChI=1S/C14H20N6O3/c1-4-20-10-11(17(3)14(23)16-12(10)22)15-13(20)19-7-5-18(6-8-19)9(2)21/h4-8H2,1-3H3,(H,16,22,23). The Bertz CT molecular complexity index is 869. The van der Waals surface area contributed by atoms with Crippen molar-refractivity contribution in [3.63, 3.8) is 0 Å². The number of H-pyrrole nitrogens is 1. The molecule has 0 aliphatic carbocycles. The minimum atomic E-state index is -0.476. The van der Waals surface area contributed by atoms with E-state index in [-0.39, 0.29) is 5.91 Å². The van der Waals surface area contributed by atoms with Crippen molar-refractivity contribution in [1.29, 1.82) is 0 Å². The molecule has 23 heavy (non-hydrogen) atoms. The van der Waals surface area contributed by atoms with E-state index in [2.05, 4.69) is 9.97 Å². The van der Waals surface area contributed by atoms with Crippen LogP contribution in [-0.2, 0) is 18.4 Å². The molecule has 3 heterocycles. The molecule has 1 fully saturated rings. The third kappa shape index (κ3) is 2.41. The maximum Gasteiger partial charge on any atom is 0.329 e. The van der Waals surface area contributed by atoms with Crippen LogP contribution in [0.1, 0.15) is 13.8 Å². The average Bonchev–Trinajstić information content (AvgIpc) is 2.93. The Labute approximate surface area is 132 Å². The van der Waals surface area contributed by atoms with Crippen molar-refractivity contribution in [2.45, 2.75) is 20.4 Å². The van der Waals surface area contributed by atoms with E-state index >= 15 is 0 Å². The number of hydrogen-bond donors (Lipinski definition) is 1. The molecule has 124 valence electrons. The number of amides is 1. The van der Waals surface area contributed by atoms with E-state index < -0.39 is 11.2 Å². The summed E-state index contributed by atoms with van der Waals surface area (Å²) in [6.07, 6.45) is 0. The molecule has 0 spiro atoms. The van der Waals surface area contributed by atoms with Crippen molar-refractivity contribution in [2.75, 3.05) is 31.1 Å². The summed E-state index contributed by atoms with van der Waals surface area (Å²) >= 11 is 0. The predicted octanol–water partition coefficient (Wildman–Crippen LogP) is -0.888. The van der Waals surface area contributed by atoms with Gasteiger partial charge in [-0.2, -0.15) is 4.98 Å². The summed E-state index contributed by atoms with van der Waals surface area (Å²) < 4.78 is 3.16. The SMILES string of the molecule is CCn1c(N2CCN(C(C)=O)CC2)nc2c1c(=O)[nH]c(=O)n2C. The van der Waals surface area contributed by atoms with E-state index in [0.29, 0.717) is 49.8 Å². The first-order valence-electron chi connectivity index (χ1n) is 7.64. The van der Waals surface area contributed by atoms with Crippen LogP contribution < -0.4 is 16.1 Å². The number of anilines is 1. The molecule has 2 aromatic heterocycles. The molecule has 9 heteroatoms. The van der Waals surface area contributed by atoms with Gasteiger partial charge in [-0.15, -0.1) is 0 Å². The molecule has 9 nitrogen and oxygen atoms in total. The maximum absolute atomic E-state index is 12.2. The largest absolute Gasteiger partial charge is 0.339 e. The smallest absolute Gasteiger partial charge is 0.329 e. The molecule has 0 atom stereocenters. The van der Waals surface area contributed by atoms with Gasteiger partial charge in [-0.3, -0.25) is 19.1 Å². The van der Waals surface area contributed by atoms with Gasteiger partial charge in [0.05, 0.1) is 0 Å². The quantitative estimate of drug-likeness (QED) is 0.774. The molecule has 0 unspecified atom stereocenters. The number of aromatic amines is 1. The first kappa shape index (κ1) is 15.3. The molecule has 1 saturated heterocycles. The zero-order valence-corrected chi connectivity index (χ0v) is 13.5. The average molecular weight is 320 g/mol. The van der Waals surface area contributed by atoms with Crippen LogP contribution in [0.2, 0.25) is 0 Å². The van der Waals surface area contributed by atoms with Gasteiger partial charge in [0.2, 0.25) is 11.9 Å². The van der Waals surface area contributed by atoms with E-state index in [1.54, 1.807) is 18.9 Å². The molecule has 0 radical (unpaired) electrons. The highest BCUT2D eigenvalue weighted by Crippen LogP contribution is 2.20. The highest BCUT2D eigenvalue weighted by atomic mass is 16.2.